The Hall–Kier alpha value is -0.830. The van der Waals surface area contributed by atoms with Crippen LogP contribution in [0.1, 0.15) is 32.1 Å². The van der Waals surface area contributed by atoms with Crippen molar-refractivity contribution in [2.75, 3.05) is 26.2 Å². The van der Waals surface area contributed by atoms with Crippen molar-refractivity contribution in [1.29, 1.82) is 0 Å². The molecule has 3 heterocycles. The second kappa shape index (κ2) is 5.04. The minimum absolute atomic E-state index is 0.280. The van der Waals surface area contributed by atoms with Crippen LogP contribution in [0, 0.1) is 11.8 Å². The maximum absolute atomic E-state index is 12.5. The van der Waals surface area contributed by atoms with Gasteiger partial charge in [0.25, 0.3) is 0 Å². The number of carbonyl (C=O) groups is 1. The summed E-state index contributed by atoms with van der Waals surface area (Å²) in [6.45, 7) is 8.06. The van der Waals surface area contributed by atoms with Crippen molar-refractivity contribution in [3.63, 3.8) is 0 Å². The summed E-state index contributed by atoms with van der Waals surface area (Å²) in [5.41, 5.74) is 0. The monoisotopic (exact) mass is 248 g/mol. The molecule has 3 saturated heterocycles. The standard InChI is InChI=1S/C15H24N2O/c1-2-3-7-16-10-12-9-13(11-16)15(18)17-8-5-4-6-14(12)17/h2,12-14H,1,3-11H2/t12-,13+,14+/m0/s1. The van der Waals surface area contributed by atoms with Gasteiger partial charge in [-0.25, -0.2) is 0 Å². The number of likely N-dealkylation sites (tertiary alicyclic amines) is 1. The van der Waals surface area contributed by atoms with E-state index in [9.17, 15) is 4.79 Å². The minimum atomic E-state index is 0.280. The van der Waals surface area contributed by atoms with E-state index in [0.717, 1.165) is 38.4 Å². The Morgan fingerprint density at radius 3 is 3.06 bits per heavy atom. The highest BCUT2D eigenvalue weighted by Gasteiger charge is 2.45. The topological polar surface area (TPSA) is 23.6 Å². The highest BCUT2D eigenvalue weighted by Crippen LogP contribution is 2.38. The first-order valence-corrected chi connectivity index (χ1v) is 7.43. The van der Waals surface area contributed by atoms with Crippen LogP contribution in [0.15, 0.2) is 12.7 Å². The fourth-order valence-corrected chi connectivity index (χ4v) is 4.10. The molecule has 2 bridgehead atoms. The molecule has 3 nitrogen and oxygen atoms in total. The lowest BCUT2D eigenvalue weighted by Crippen LogP contribution is -2.61. The van der Waals surface area contributed by atoms with E-state index in [1.165, 1.54) is 25.8 Å². The summed E-state index contributed by atoms with van der Waals surface area (Å²) >= 11 is 0. The van der Waals surface area contributed by atoms with Gasteiger partial charge >= 0.3 is 0 Å². The van der Waals surface area contributed by atoms with Gasteiger partial charge in [0.1, 0.15) is 0 Å². The smallest absolute Gasteiger partial charge is 0.227 e. The van der Waals surface area contributed by atoms with Gasteiger partial charge in [-0.05, 0) is 38.0 Å². The van der Waals surface area contributed by atoms with Crippen LogP contribution >= 0.6 is 0 Å². The number of amides is 1. The molecule has 0 aromatic heterocycles. The zero-order valence-corrected chi connectivity index (χ0v) is 11.2. The molecule has 1 amide bonds. The summed E-state index contributed by atoms with van der Waals surface area (Å²) in [7, 11) is 0. The Balaban J connectivity index is 1.72. The third-order valence-corrected chi connectivity index (χ3v) is 4.93. The Morgan fingerprint density at radius 2 is 2.22 bits per heavy atom. The molecule has 0 unspecified atom stereocenters. The number of hydrogen-bond acceptors (Lipinski definition) is 2. The predicted molar refractivity (Wildman–Crippen MR) is 72.2 cm³/mol. The highest BCUT2D eigenvalue weighted by molar-refractivity contribution is 5.80. The molecule has 0 aromatic rings. The number of nitrogens with zero attached hydrogens (tertiary/aromatic N) is 2. The highest BCUT2D eigenvalue weighted by atomic mass is 16.2. The van der Waals surface area contributed by atoms with Crippen molar-refractivity contribution in [2.24, 2.45) is 11.8 Å². The van der Waals surface area contributed by atoms with Gasteiger partial charge in [-0.1, -0.05) is 6.08 Å². The molecular formula is C15H24N2O. The van der Waals surface area contributed by atoms with Crippen LogP contribution in [0.2, 0.25) is 0 Å². The molecular weight excluding hydrogens is 224 g/mol. The molecule has 18 heavy (non-hydrogen) atoms. The van der Waals surface area contributed by atoms with Crippen LogP contribution in [0.5, 0.6) is 0 Å². The molecule has 3 atom stereocenters. The van der Waals surface area contributed by atoms with Crippen LogP contribution in [0.4, 0.5) is 0 Å². The molecule has 100 valence electrons. The molecule has 0 spiro atoms. The van der Waals surface area contributed by atoms with Gasteiger partial charge in [-0.3, -0.25) is 4.79 Å². The largest absolute Gasteiger partial charge is 0.339 e. The quantitative estimate of drug-likeness (QED) is 0.712. The summed E-state index contributed by atoms with van der Waals surface area (Å²) in [5.74, 6) is 1.45. The van der Waals surface area contributed by atoms with E-state index in [-0.39, 0.29) is 5.92 Å². The molecule has 3 aliphatic rings. The number of fused-ring (bicyclic) bond motifs is 4. The molecule has 0 aliphatic carbocycles. The Labute approximate surface area is 110 Å². The zero-order valence-electron chi connectivity index (χ0n) is 11.2. The van der Waals surface area contributed by atoms with E-state index < -0.39 is 0 Å². The van der Waals surface area contributed by atoms with Crippen LogP contribution in [0.25, 0.3) is 0 Å². The van der Waals surface area contributed by atoms with Gasteiger partial charge in [-0.2, -0.15) is 0 Å². The van der Waals surface area contributed by atoms with Crippen molar-refractivity contribution in [3.05, 3.63) is 12.7 Å². The molecule has 0 saturated carbocycles. The molecule has 3 rings (SSSR count). The van der Waals surface area contributed by atoms with Gasteiger partial charge in [-0.15, -0.1) is 6.58 Å². The van der Waals surface area contributed by atoms with Crippen molar-refractivity contribution in [1.82, 2.24) is 9.80 Å². The van der Waals surface area contributed by atoms with E-state index in [1.807, 2.05) is 6.08 Å². The molecule has 3 heteroatoms. The lowest BCUT2D eigenvalue weighted by Gasteiger charge is -2.52. The van der Waals surface area contributed by atoms with Crippen molar-refractivity contribution >= 4 is 5.91 Å². The van der Waals surface area contributed by atoms with Crippen LogP contribution in [-0.2, 0) is 4.79 Å². The second-order valence-corrected chi connectivity index (χ2v) is 6.12. The Kier molecular flexibility index (Phi) is 3.42. The van der Waals surface area contributed by atoms with E-state index in [0.29, 0.717) is 11.9 Å². The summed E-state index contributed by atoms with van der Waals surface area (Å²) in [4.78, 5) is 17.2. The summed E-state index contributed by atoms with van der Waals surface area (Å²) in [6, 6.07) is 0.550. The summed E-state index contributed by atoms with van der Waals surface area (Å²) in [6.07, 6.45) is 7.92. The van der Waals surface area contributed by atoms with Crippen molar-refractivity contribution in [2.45, 2.75) is 38.1 Å². The number of piperidine rings is 3. The normalized spacial score (nSPS) is 36.3. The van der Waals surface area contributed by atoms with Gasteiger partial charge in [0.05, 0.1) is 5.92 Å². The average molecular weight is 248 g/mol. The minimum Gasteiger partial charge on any atom is -0.339 e. The van der Waals surface area contributed by atoms with E-state index in [1.54, 1.807) is 0 Å². The van der Waals surface area contributed by atoms with Crippen LogP contribution < -0.4 is 0 Å². The van der Waals surface area contributed by atoms with Gasteiger partial charge < -0.3 is 9.80 Å². The number of rotatable bonds is 3. The molecule has 3 fully saturated rings. The Bertz CT molecular complexity index is 341. The second-order valence-electron chi connectivity index (χ2n) is 6.12. The van der Waals surface area contributed by atoms with E-state index in [4.69, 9.17) is 0 Å². The van der Waals surface area contributed by atoms with Crippen LogP contribution in [-0.4, -0.2) is 47.9 Å². The molecule has 3 aliphatic heterocycles. The first kappa shape index (κ1) is 12.2. The third-order valence-electron chi connectivity index (χ3n) is 4.93. The van der Waals surface area contributed by atoms with E-state index in [2.05, 4.69) is 16.4 Å². The van der Waals surface area contributed by atoms with Gasteiger partial charge in [0.15, 0.2) is 0 Å². The van der Waals surface area contributed by atoms with E-state index >= 15 is 0 Å². The zero-order chi connectivity index (χ0) is 12.5. The number of hydrogen-bond donors (Lipinski definition) is 0. The first-order valence-electron chi connectivity index (χ1n) is 7.43. The van der Waals surface area contributed by atoms with Crippen molar-refractivity contribution in [3.8, 4) is 0 Å². The van der Waals surface area contributed by atoms with Crippen molar-refractivity contribution < 1.29 is 4.79 Å². The van der Waals surface area contributed by atoms with Gasteiger partial charge in [0.2, 0.25) is 5.91 Å². The van der Waals surface area contributed by atoms with Gasteiger partial charge in [0, 0.05) is 32.2 Å². The Morgan fingerprint density at radius 1 is 1.33 bits per heavy atom. The lowest BCUT2D eigenvalue weighted by atomic mass is 9.75. The number of carbonyl (C=O) groups excluding carboxylic acids is 1. The predicted octanol–water partition coefficient (Wildman–Crippen LogP) is 1.90. The maximum atomic E-state index is 12.5. The summed E-state index contributed by atoms with van der Waals surface area (Å²) in [5, 5.41) is 0. The molecule has 0 aromatic carbocycles. The maximum Gasteiger partial charge on any atom is 0.227 e. The summed E-state index contributed by atoms with van der Waals surface area (Å²) < 4.78 is 0. The third kappa shape index (κ3) is 2.09. The van der Waals surface area contributed by atoms with Crippen LogP contribution in [0.3, 0.4) is 0 Å². The molecule has 0 radical (unpaired) electrons. The molecule has 0 N–H and O–H groups in total. The first-order chi connectivity index (χ1) is 8.79. The average Bonchev–Trinajstić information content (AvgIpc) is 2.43. The lowest BCUT2D eigenvalue weighted by molar-refractivity contribution is -0.152. The fourth-order valence-electron chi connectivity index (χ4n) is 4.10. The fraction of sp³-hybridized carbons (Fsp3) is 0.800. The SMILES string of the molecule is C=CCCN1C[C@H]2C[C@@H](C1)[C@H]1CCCCN1C2=O.